The highest BCUT2D eigenvalue weighted by Crippen LogP contribution is 2.12. The predicted octanol–water partition coefficient (Wildman–Crippen LogP) is 2.95. The summed E-state index contributed by atoms with van der Waals surface area (Å²) in [4.78, 5) is 15.8. The molecule has 0 aliphatic heterocycles. The lowest BCUT2D eigenvalue weighted by Gasteiger charge is -2.08. The Hall–Kier alpha value is -2.16. The largest absolute Gasteiger partial charge is 0.352 e. The van der Waals surface area contributed by atoms with Crippen molar-refractivity contribution < 1.29 is 4.79 Å². The smallest absolute Gasteiger partial charge is 0.220 e. The van der Waals surface area contributed by atoms with Crippen molar-refractivity contribution in [3.8, 4) is 0 Å². The molecular weight excluding hydrogens is 248 g/mol. The molecule has 104 valence electrons. The molecule has 2 rings (SSSR count). The van der Waals surface area contributed by atoms with E-state index in [9.17, 15) is 4.79 Å². The molecule has 0 bridgehead atoms. The fourth-order valence-electron chi connectivity index (χ4n) is 2.16. The van der Waals surface area contributed by atoms with Gasteiger partial charge >= 0.3 is 0 Å². The van der Waals surface area contributed by atoms with Gasteiger partial charge in [0.05, 0.1) is 0 Å². The topological polar surface area (TPSA) is 42.0 Å². The lowest BCUT2D eigenvalue weighted by atomic mass is 10.0. The first kappa shape index (κ1) is 14.3. The number of aromatic nitrogens is 1. The third-order valence-electron chi connectivity index (χ3n) is 3.36. The quantitative estimate of drug-likeness (QED) is 0.906. The molecule has 3 heteroatoms. The fraction of sp³-hybridized carbons (Fsp3) is 0.294. The first-order chi connectivity index (χ1) is 9.65. The van der Waals surface area contributed by atoms with E-state index in [1.807, 2.05) is 12.1 Å². The first-order valence-corrected chi connectivity index (χ1v) is 6.87. The van der Waals surface area contributed by atoms with Crippen molar-refractivity contribution in [2.45, 2.75) is 33.2 Å². The SMILES string of the molecule is Cc1ccc(CCC(=O)NCc2ccncc2)c(C)c1. The van der Waals surface area contributed by atoms with Gasteiger partial charge < -0.3 is 5.32 Å². The Balaban J connectivity index is 1.80. The Morgan fingerprint density at radius 1 is 1.15 bits per heavy atom. The molecule has 0 atom stereocenters. The Morgan fingerprint density at radius 3 is 2.60 bits per heavy atom. The normalized spacial score (nSPS) is 10.3. The van der Waals surface area contributed by atoms with Crippen LogP contribution in [0.25, 0.3) is 0 Å². The summed E-state index contributed by atoms with van der Waals surface area (Å²) in [6, 6.07) is 10.2. The van der Waals surface area contributed by atoms with E-state index in [1.54, 1.807) is 12.4 Å². The van der Waals surface area contributed by atoms with Crippen molar-refractivity contribution in [1.82, 2.24) is 10.3 Å². The van der Waals surface area contributed by atoms with E-state index in [0.717, 1.165) is 12.0 Å². The predicted molar refractivity (Wildman–Crippen MR) is 80.3 cm³/mol. The molecule has 0 radical (unpaired) electrons. The van der Waals surface area contributed by atoms with Crippen molar-refractivity contribution in [3.63, 3.8) is 0 Å². The van der Waals surface area contributed by atoms with E-state index < -0.39 is 0 Å². The highest BCUT2D eigenvalue weighted by molar-refractivity contribution is 5.76. The van der Waals surface area contributed by atoms with E-state index in [1.165, 1.54) is 16.7 Å². The van der Waals surface area contributed by atoms with Crippen LogP contribution in [0.15, 0.2) is 42.7 Å². The minimum atomic E-state index is 0.0850. The Kier molecular flexibility index (Phi) is 4.88. The second-order valence-electron chi connectivity index (χ2n) is 5.06. The van der Waals surface area contributed by atoms with Gasteiger partial charge in [0.1, 0.15) is 0 Å². The minimum absolute atomic E-state index is 0.0850. The van der Waals surface area contributed by atoms with Gasteiger partial charge in [0.2, 0.25) is 5.91 Å². The lowest BCUT2D eigenvalue weighted by Crippen LogP contribution is -2.23. The summed E-state index contributed by atoms with van der Waals surface area (Å²) >= 11 is 0. The maximum absolute atomic E-state index is 11.8. The summed E-state index contributed by atoms with van der Waals surface area (Å²) in [7, 11) is 0. The van der Waals surface area contributed by atoms with E-state index >= 15 is 0 Å². The molecule has 0 saturated carbocycles. The average molecular weight is 268 g/mol. The number of pyridine rings is 1. The van der Waals surface area contributed by atoms with Crippen molar-refractivity contribution in [2.24, 2.45) is 0 Å². The minimum Gasteiger partial charge on any atom is -0.352 e. The van der Waals surface area contributed by atoms with Gasteiger partial charge in [-0.25, -0.2) is 0 Å². The molecule has 2 aromatic rings. The van der Waals surface area contributed by atoms with Gasteiger partial charge in [-0.2, -0.15) is 0 Å². The molecule has 1 aromatic heterocycles. The van der Waals surface area contributed by atoms with Crippen LogP contribution >= 0.6 is 0 Å². The standard InChI is InChI=1S/C17H20N2O/c1-13-3-4-16(14(2)11-13)5-6-17(20)19-12-15-7-9-18-10-8-15/h3-4,7-11H,5-6,12H2,1-2H3,(H,19,20). The number of amides is 1. The van der Waals surface area contributed by atoms with Crippen LogP contribution in [0.3, 0.4) is 0 Å². The molecule has 1 heterocycles. The number of carbonyl (C=O) groups excluding carboxylic acids is 1. The Morgan fingerprint density at radius 2 is 1.90 bits per heavy atom. The van der Waals surface area contributed by atoms with Gasteiger partial charge in [0.25, 0.3) is 0 Å². The molecule has 0 unspecified atom stereocenters. The molecule has 0 fully saturated rings. The van der Waals surface area contributed by atoms with Gasteiger partial charge in [0, 0.05) is 25.4 Å². The third-order valence-corrected chi connectivity index (χ3v) is 3.36. The number of carbonyl (C=O) groups is 1. The van der Waals surface area contributed by atoms with Crippen molar-refractivity contribution >= 4 is 5.91 Å². The van der Waals surface area contributed by atoms with E-state index in [0.29, 0.717) is 13.0 Å². The highest BCUT2D eigenvalue weighted by Gasteiger charge is 2.04. The van der Waals surface area contributed by atoms with Crippen LogP contribution in [-0.4, -0.2) is 10.9 Å². The Bertz CT molecular complexity index is 579. The molecule has 3 nitrogen and oxygen atoms in total. The molecule has 20 heavy (non-hydrogen) atoms. The summed E-state index contributed by atoms with van der Waals surface area (Å²) in [5, 5.41) is 2.93. The maximum atomic E-state index is 11.8. The van der Waals surface area contributed by atoms with Crippen LogP contribution < -0.4 is 5.32 Å². The zero-order valence-electron chi connectivity index (χ0n) is 12.0. The van der Waals surface area contributed by atoms with Crippen LogP contribution in [0.1, 0.15) is 28.7 Å². The van der Waals surface area contributed by atoms with Gasteiger partial charge in [0.15, 0.2) is 0 Å². The first-order valence-electron chi connectivity index (χ1n) is 6.87. The molecule has 1 N–H and O–H groups in total. The van der Waals surface area contributed by atoms with Gasteiger partial charge in [-0.1, -0.05) is 23.8 Å². The van der Waals surface area contributed by atoms with Gasteiger partial charge in [-0.05, 0) is 49.1 Å². The number of nitrogens with zero attached hydrogens (tertiary/aromatic N) is 1. The number of hydrogen-bond acceptors (Lipinski definition) is 2. The number of benzene rings is 1. The monoisotopic (exact) mass is 268 g/mol. The van der Waals surface area contributed by atoms with Gasteiger partial charge in [-0.3, -0.25) is 9.78 Å². The Labute approximate surface area is 120 Å². The summed E-state index contributed by atoms with van der Waals surface area (Å²) in [6.45, 7) is 4.74. The number of nitrogens with one attached hydrogen (secondary N) is 1. The van der Waals surface area contributed by atoms with Crippen LogP contribution in [0, 0.1) is 13.8 Å². The van der Waals surface area contributed by atoms with Crippen LogP contribution in [-0.2, 0) is 17.8 Å². The van der Waals surface area contributed by atoms with E-state index in [2.05, 4.69) is 42.3 Å². The van der Waals surface area contributed by atoms with Gasteiger partial charge in [-0.15, -0.1) is 0 Å². The summed E-state index contributed by atoms with van der Waals surface area (Å²) in [6.07, 6.45) is 4.78. The fourth-order valence-corrected chi connectivity index (χ4v) is 2.16. The molecule has 1 aromatic carbocycles. The molecule has 0 aliphatic carbocycles. The number of rotatable bonds is 5. The lowest BCUT2D eigenvalue weighted by molar-refractivity contribution is -0.121. The molecular formula is C17H20N2O. The second-order valence-corrected chi connectivity index (χ2v) is 5.06. The molecule has 0 aliphatic rings. The van der Waals surface area contributed by atoms with Crippen LogP contribution in [0.5, 0.6) is 0 Å². The summed E-state index contributed by atoms with van der Waals surface area (Å²) in [5.41, 5.74) is 4.83. The second kappa shape index (κ2) is 6.85. The molecule has 0 saturated heterocycles. The van der Waals surface area contributed by atoms with E-state index in [4.69, 9.17) is 0 Å². The van der Waals surface area contributed by atoms with Crippen molar-refractivity contribution in [1.29, 1.82) is 0 Å². The molecule has 0 spiro atoms. The third kappa shape index (κ3) is 4.19. The maximum Gasteiger partial charge on any atom is 0.220 e. The number of aryl methyl sites for hydroxylation is 3. The summed E-state index contributed by atoms with van der Waals surface area (Å²) < 4.78 is 0. The highest BCUT2D eigenvalue weighted by atomic mass is 16.1. The van der Waals surface area contributed by atoms with Crippen molar-refractivity contribution in [2.75, 3.05) is 0 Å². The molecule has 1 amide bonds. The summed E-state index contributed by atoms with van der Waals surface area (Å²) in [5.74, 6) is 0.0850. The average Bonchev–Trinajstić information content (AvgIpc) is 2.45. The van der Waals surface area contributed by atoms with Crippen LogP contribution in [0.2, 0.25) is 0 Å². The zero-order chi connectivity index (χ0) is 14.4. The zero-order valence-corrected chi connectivity index (χ0v) is 12.0. The van der Waals surface area contributed by atoms with Crippen molar-refractivity contribution in [3.05, 3.63) is 65.0 Å². The number of hydrogen-bond donors (Lipinski definition) is 1. The van der Waals surface area contributed by atoms with Crippen LogP contribution in [0.4, 0.5) is 0 Å². The van der Waals surface area contributed by atoms with E-state index in [-0.39, 0.29) is 5.91 Å².